The standard InChI is InChI=1S/C22H28N2O4S/c1-2-28-20-11-12-21(19-10-6-5-9-18(19)20)29(26,27)24-15-13-23(14-16-24)22(25)17-7-3-4-8-17/h5-6,9-12,17H,2-4,7-8,13-16H2,1H3. The molecule has 1 saturated carbocycles. The van der Waals surface area contributed by atoms with Gasteiger partial charge in [-0.25, -0.2) is 8.42 Å². The quantitative estimate of drug-likeness (QED) is 0.750. The summed E-state index contributed by atoms with van der Waals surface area (Å²) >= 11 is 0. The van der Waals surface area contributed by atoms with E-state index in [-0.39, 0.29) is 11.8 Å². The Balaban J connectivity index is 1.55. The molecule has 1 aliphatic heterocycles. The molecular formula is C22H28N2O4S. The summed E-state index contributed by atoms with van der Waals surface area (Å²) in [5.74, 6) is 1.02. The lowest BCUT2D eigenvalue weighted by atomic mass is 10.1. The topological polar surface area (TPSA) is 66.9 Å². The highest BCUT2D eigenvalue weighted by Crippen LogP contribution is 2.33. The van der Waals surface area contributed by atoms with Gasteiger partial charge in [-0.3, -0.25) is 4.79 Å². The number of rotatable bonds is 5. The second kappa shape index (κ2) is 8.32. The highest BCUT2D eigenvalue weighted by molar-refractivity contribution is 7.89. The zero-order chi connectivity index (χ0) is 20.4. The van der Waals surface area contributed by atoms with Gasteiger partial charge in [-0.2, -0.15) is 4.31 Å². The van der Waals surface area contributed by atoms with Gasteiger partial charge in [0.25, 0.3) is 0 Å². The molecule has 0 bridgehead atoms. The summed E-state index contributed by atoms with van der Waals surface area (Å²) in [7, 11) is -3.65. The number of piperazine rings is 1. The average Bonchev–Trinajstić information content (AvgIpc) is 3.28. The first-order chi connectivity index (χ1) is 14.0. The summed E-state index contributed by atoms with van der Waals surface area (Å²) in [6, 6.07) is 10.8. The van der Waals surface area contributed by atoms with Gasteiger partial charge in [0.1, 0.15) is 5.75 Å². The number of hydrogen-bond acceptors (Lipinski definition) is 4. The van der Waals surface area contributed by atoms with Crippen molar-refractivity contribution in [1.29, 1.82) is 0 Å². The lowest BCUT2D eigenvalue weighted by molar-refractivity contribution is -0.136. The number of sulfonamides is 1. The van der Waals surface area contributed by atoms with Crippen LogP contribution >= 0.6 is 0 Å². The van der Waals surface area contributed by atoms with Crippen LogP contribution in [0.5, 0.6) is 5.75 Å². The summed E-state index contributed by atoms with van der Waals surface area (Å²) in [5.41, 5.74) is 0. The van der Waals surface area contributed by atoms with Gasteiger partial charge < -0.3 is 9.64 Å². The van der Waals surface area contributed by atoms with E-state index in [1.165, 1.54) is 4.31 Å². The Morgan fingerprint density at radius 3 is 2.31 bits per heavy atom. The number of amides is 1. The lowest BCUT2D eigenvalue weighted by Crippen LogP contribution is -2.51. The monoisotopic (exact) mass is 416 g/mol. The molecule has 1 aliphatic carbocycles. The summed E-state index contributed by atoms with van der Waals surface area (Å²) in [4.78, 5) is 14.8. The molecular weight excluding hydrogens is 388 g/mol. The van der Waals surface area contributed by atoms with E-state index in [9.17, 15) is 13.2 Å². The Bertz CT molecular complexity index is 991. The molecule has 2 aliphatic rings. The van der Waals surface area contributed by atoms with Crippen molar-refractivity contribution in [2.75, 3.05) is 32.8 Å². The molecule has 0 unspecified atom stereocenters. The van der Waals surface area contributed by atoms with Crippen LogP contribution in [0.2, 0.25) is 0 Å². The van der Waals surface area contributed by atoms with E-state index in [0.29, 0.717) is 48.8 Å². The molecule has 1 saturated heterocycles. The van der Waals surface area contributed by atoms with E-state index in [0.717, 1.165) is 31.1 Å². The van der Waals surface area contributed by atoms with Gasteiger partial charge >= 0.3 is 0 Å². The summed E-state index contributed by atoms with van der Waals surface area (Å²) in [5, 5.41) is 1.47. The highest BCUT2D eigenvalue weighted by Gasteiger charge is 2.34. The zero-order valence-corrected chi connectivity index (χ0v) is 17.7. The lowest BCUT2D eigenvalue weighted by Gasteiger charge is -2.35. The highest BCUT2D eigenvalue weighted by atomic mass is 32.2. The van der Waals surface area contributed by atoms with Gasteiger partial charge in [0.2, 0.25) is 15.9 Å². The molecule has 2 aromatic carbocycles. The van der Waals surface area contributed by atoms with Crippen molar-refractivity contribution >= 4 is 26.7 Å². The van der Waals surface area contributed by atoms with E-state index < -0.39 is 10.0 Å². The third-order valence-corrected chi connectivity index (χ3v) is 7.97. The molecule has 0 radical (unpaired) electrons. The molecule has 1 heterocycles. The molecule has 29 heavy (non-hydrogen) atoms. The average molecular weight is 417 g/mol. The number of hydrogen-bond donors (Lipinski definition) is 0. The first-order valence-corrected chi connectivity index (χ1v) is 11.9. The van der Waals surface area contributed by atoms with Gasteiger partial charge in [0.15, 0.2) is 0 Å². The van der Waals surface area contributed by atoms with Crippen LogP contribution in [0.25, 0.3) is 10.8 Å². The van der Waals surface area contributed by atoms with Crippen molar-refractivity contribution in [1.82, 2.24) is 9.21 Å². The van der Waals surface area contributed by atoms with Crippen molar-refractivity contribution in [3.63, 3.8) is 0 Å². The van der Waals surface area contributed by atoms with Crippen LogP contribution in [-0.4, -0.2) is 56.3 Å². The van der Waals surface area contributed by atoms with Crippen LogP contribution in [0.3, 0.4) is 0 Å². The molecule has 0 N–H and O–H groups in total. The largest absolute Gasteiger partial charge is 0.493 e. The van der Waals surface area contributed by atoms with Gasteiger partial charge in [-0.15, -0.1) is 0 Å². The van der Waals surface area contributed by atoms with Crippen molar-refractivity contribution in [2.24, 2.45) is 5.92 Å². The molecule has 0 aromatic heterocycles. The summed E-state index contributed by atoms with van der Waals surface area (Å²) in [6.07, 6.45) is 4.18. The molecule has 1 amide bonds. The summed E-state index contributed by atoms with van der Waals surface area (Å²) < 4.78 is 33.9. The minimum Gasteiger partial charge on any atom is -0.493 e. The molecule has 0 atom stereocenters. The van der Waals surface area contributed by atoms with E-state index in [2.05, 4.69) is 0 Å². The van der Waals surface area contributed by atoms with Gasteiger partial charge in [-0.05, 0) is 31.9 Å². The van der Waals surface area contributed by atoms with Crippen LogP contribution in [0, 0.1) is 5.92 Å². The van der Waals surface area contributed by atoms with E-state index in [1.807, 2.05) is 36.1 Å². The van der Waals surface area contributed by atoms with Crippen LogP contribution in [0.4, 0.5) is 0 Å². The first kappa shape index (κ1) is 20.2. The maximum absolute atomic E-state index is 13.4. The molecule has 7 heteroatoms. The van der Waals surface area contributed by atoms with Crippen LogP contribution < -0.4 is 4.74 Å². The fourth-order valence-corrected chi connectivity index (χ4v) is 6.09. The number of carbonyl (C=O) groups excluding carboxylic acids is 1. The van der Waals surface area contributed by atoms with E-state index in [4.69, 9.17) is 4.74 Å². The van der Waals surface area contributed by atoms with E-state index >= 15 is 0 Å². The minimum atomic E-state index is -3.65. The first-order valence-electron chi connectivity index (χ1n) is 10.5. The zero-order valence-electron chi connectivity index (χ0n) is 16.8. The fraction of sp³-hybridized carbons (Fsp3) is 0.500. The number of carbonyl (C=O) groups is 1. The normalized spacial score (nSPS) is 19.0. The smallest absolute Gasteiger partial charge is 0.243 e. The molecule has 0 spiro atoms. The van der Waals surface area contributed by atoms with Gasteiger partial charge in [0.05, 0.1) is 11.5 Å². The Kier molecular flexibility index (Phi) is 5.79. The third kappa shape index (κ3) is 3.85. The van der Waals surface area contributed by atoms with Crippen LogP contribution in [0.15, 0.2) is 41.3 Å². The van der Waals surface area contributed by atoms with Gasteiger partial charge in [-0.1, -0.05) is 37.1 Å². The minimum absolute atomic E-state index is 0.133. The number of benzene rings is 2. The number of fused-ring (bicyclic) bond motifs is 1. The summed E-state index contributed by atoms with van der Waals surface area (Å²) in [6.45, 7) is 4.02. The predicted molar refractivity (Wildman–Crippen MR) is 112 cm³/mol. The molecule has 156 valence electrons. The Labute approximate surface area is 172 Å². The second-order valence-corrected chi connectivity index (χ2v) is 9.66. The van der Waals surface area contributed by atoms with E-state index in [1.54, 1.807) is 12.1 Å². The Hall–Kier alpha value is -2.12. The van der Waals surface area contributed by atoms with Crippen molar-refractivity contribution in [3.05, 3.63) is 36.4 Å². The van der Waals surface area contributed by atoms with Crippen LogP contribution in [0.1, 0.15) is 32.6 Å². The maximum Gasteiger partial charge on any atom is 0.243 e. The Morgan fingerprint density at radius 1 is 1.00 bits per heavy atom. The fourth-order valence-electron chi connectivity index (χ4n) is 4.47. The third-order valence-electron chi connectivity index (χ3n) is 6.02. The molecule has 2 aromatic rings. The van der Waals surface area contributed by atoms with Crippen LogP contribution in [-0.2, 0) is 14.8 Å². The second-order valence-electron chi connectivity index (χ2n) is 7.75. The van der Waals surface area contributed by atoms with Crippen molar-refractivity contribution in [2.45, 2.75) is 37.5 Å². The molecule has 6 nitrogen and oxygen atoms in total. The Morgan fingerprint density at radius 2 is 1.66 bits per heavy atom. The SMILES string of the molecule is CCOc1ccc(S(=O)(=O)N2CCN(C(=O)C3CCCC3)CC2)c2ccccc12. The van der Waals surface area contributed by atoms with Crippen molar-refractivity contribution in [3.8, 4) is 5.75 Å². The molecule has 2 fully saturated rings. The van der Waals surface area contributed by atoms with Crippen molar-refractivity contribution < 1.29 is 17.9 Å². The number of ether oxygens (including phenoxy) is 1. The molecule has 4 rings (SSSR count). The number of nitrogens with zero attached hydrogens (tertiary/aromatic N) is 2. The maximum atomic E-state index is 13.4. The predicted octanol–water partition coefficient (Wildman–Crippen LogP) is 3.26. The van der Waals surface area contributed by atoms with Gasteiger partial charge in [0, 0.05) is 42.9 Å².